The maximum absolute atomic E-state index is 12.4. The van der Waals surface area contributed by atoms with E-state index in [1.165, 1.54) is 12.8 Å². The van der Waals surface area contributed by atoms with E-state index < -0.39 is 0 Å². The molecule has 1 heterocycles. The molecule has 20 heavy (non-hydrogen) atoms. The average Bonchev–Trinajstić information content (AvgIpc) is 2.58. The van der Waals surface area contributed by atoms with Crippen LogP contribution in [0.2, 0.25) is 0 Å². The van der Waals surface area contributed by atoms with Gasteiger partial charge in [0, 0.05) is 23.0 Å². The summed E-state index contributed by atoms with van der Waals surface area (Å²) in [7, 11) is 0. The molecule has 0 bridgehead atoms. The Kier molecular flexibility index (Phi) is 4.21. The van der Waals surface area contributed by atoms with Gasteiger partial charge in [-0.05, 0) is 66.2 Å². The number of hydrogen-bond acceptors (Lipinski definition) is 2. The van der Waals surface area contributed by atoms with E-state index in [0.717, 1.165) is 25.7 Å². The number of hydrogen-bond donors (Lipinski definition) is 2. The fraction of sp³-hybridized carbons (Fsp3) is 0.941. The molecule has 0 aromatic rings. The monoisotopic (exact) mass is 280 g/mol. The van der Waals surface area contributed by atoms with Crippen LogP contribution in [0.3, 0.4) is 0 Å². The molecule has 1 amide bonds. The van der Waals surface area contributed by atoms with Crippen molar-refractivity contribution < 1.29 is 4.79 Å². The van der Waals surface area contributed by atoms with Crippen molar-refractivity contribution in [2.24, 2.45) is 5.92 Å². The molecule has 2 N–H and O–H groups in total. The number of rotatable bonds is 3. The van der Waals surface area contributed by atoms with Crippen LogP contribution in [0.5, 0.6) is 0 Å². The maximum Gasteiger partial charge on any atom is 0.220 e. The van der Waals surface area contributed by atoms with Gasteiger partial charge in [-0.2, -0.15) is 0 Å². The van der Waals surface area contributed by atoms with E-state index in [-0.39, 0.29) is 22.5 Å². The minimum Gasteiger partial charge on any atom is -0.351 e. The fourth-order valence-electron chi connectivity index (χ4n) is 4.61. The summed E-state index contributed by atoms with van der Waals surface area (Å²) in [6.07, 6.45) is 7.64. The average molecular weight is 280 g/mol. The van der Waals surface area contributed by atoms with Crippen LogP contribution >= 0.6 is 0 Å². The number of piperidine rings is 1. The number of nitrogens with one attached hydrogen (secondary N) is 2. The van der Waals surface area contributed by atoms with Crippen molar-refractivity contribution in [2.75, 3.05) is 0 Å². The van der Waals surface area contributed by atoms with E-state index in [0.29, 0.717) is 12.3 Å². The van der Waals surface area contributed by atoms with Gasteiger partial charge >= 0.3 is 0 Å². The molecular weight excluding hydrogens is 248 g/mol. The summed E-state index contributed by atoms with van der Waals surface area (Å²) < 4.78 is 0. The molecule has 1 aliphatic carbocycles. The Labute approximate surface area is 124 Å². The zero-order chi connectivity index (χ0) is 15.0. The van der Waals surface area contributed by atoms with Crippen molar-refractivity contribution in [3.05, 3.63) is 0 Å². The molecule has 0 aromatic heterocycles. The minimum absolute atomic E-state index is 0.0645. The highest BCUT2D eigenvalue weighted by atomic mass is 16.1. The topological polar surface area (TPSA) is 41.1 Å². The zero-order valence-electron chi connectivity index (χ0n) is 13.9. The summed E-state index contributed by atoms with van der Waals surface area (Å²) in [5.74, 6) is 0.749. The van der Waals surface area contributed by atoms with Gasteiger partial charge in [-0.1, -0.05) is 12.8 Å². The number of carbonyl (C=O) groups is 1. The summed E-state index contributed by atoms with van der Waals surface area (Å²) in [6.45, 7) is 11.2. The van der Waals surface area contributed by atoms with Gasteiger partial charge in [0.15, 0.2) is 0 Å². The molecule has 1 saturated heterocycles. The van der Waals surface area contributed by atoms with Gasteiger partial charge in [-0.15, -0.1) is 0 Å². The van der Waals surface area contributed by atoms with Crippen LogP contribution in [0.1, 0.15) is 79.6 Å². The molecular formula is C17H32N2O. The van der Waals surface area contributed by atoms with Crippen LogP contribution in [0.15, 0.2) is 0 Å². The molecule has 0 radical (unpaired) electrons. The maximum atomic E-state index is 12.4. The summed E-state index contributed by atoms with van der Waals surface area (Å²) >= 11 is 0. The van der Waals surface area contributed by atoms with Gasteiger partial charge < -0.3 is 10.6 Å². The van der Waals surface area contributed by atoms with Crippen molar-refractivity contribution in [1.82, 2.24) is 10.6 Å². The fourth-order valence-corrected chi connectivity index (χ4v) is 4.61. The van der Waals surface area contributed by atoms with Gasteiger partial charge in [0.05, 0.1) is 0 Å². The first-order chi connectivity index (χ1) is 9.09. The highest BCUT2D eigenvalue weighted by Gasteiger charge is 2.39. The lowest BCUT2D eigenvalue weighted by molar-refractivity contribution is -0.124. The lowest BCUT2D eigenvalue weighted by Crippen LogP contribution is -2.58. The standard InChI is InChI=1S/C17H32N2O/c1-15(2)11-13(12-16(3,4)19-15)10-14(20)18-17(5)8-6-7-9-17/h13,19H,6-12H2,1-5H3,(H,18,20). The Hall–Kier alpha value is -0.570. The first kappa shape index (κ1) is 15.8. The molecule has 3 heteroatoms. The zero-order valence-corrected chi connectivity index (χ0v) is 13.9. The third-order valence-electron chi connectivity index (χ3n) is 4.90. The van der Waals surface area contributed by atoms with Crippen LogP contribution < -0.4 is 10.6 Å². The van der Waals surface area contributed by atoms with Crippen molar-refractivity contribution in [1.29, 1.82) is 0 Å². The van der Waals surface area contributed by atoms with Gasteiger partial charge in [-0.25, -0.2) is 0 Å². The molecule has 1 aliphatic heterocycles. The normalized spacial score (nSPS) is 28.2. The molecule has 2 rings (SSSR count). The van der Waals surface area contributed by atoms with Crippen LogP contribution in [-0.4, -0.2) is 22.5 Å². The summed E-state index contributed by atoms with van der Waals surface area (Å²) in [4.78, 5) is 12.4. The Morgan fingerprint density at radius 1 is 1.05 bits per heavy atom. The smallest absolute Gasteiger partial charge is 0.220 e. The Morgan fingerprint density at radius 3 is 2.05 bits per heavy atom. The Morgan fingerprint density at radius 2 is 1.55 bits per heavy atom. The molecule has 3 nitrogen and oxygen atoms in total. The first-order valence-corrected chi connectivity index (χ1v) is 8.20. The predicted molar refractivity (Wildman–Crippen MR) is 83.7 cm³/mol. The van der Waals surface area contributed by atoms with Crippen LogP contribution in [0.25, 0.3) is 0 Å². The lowest BCUT2D eigenvalue weighted by Gasteiger charge is -2.46. The molecule has 116 valence electrons. The second-order valence-electron chi connectivity index (χ2n) is 8.69. The molecule has 1 saturated carbocycles. The minimum atomic E-state index is 0.0645. The summed E-state index contributed by atoms with van der Waals surface area (Å²) in [6, 6.07) is 0. The van der Waals surface area contributed by atoms with Crippen LogP contribution in [0, 0.1) is 5.92 Å². The van der Waals surface area contributed by atoms with Crippen molar-refractivity contribution in [3.8, 4) is 0 Å². The van der Waals surface area contributed by atoms with Gasteiger partial charge in [0.2, 0.25) is 5.91 Å². The quantitative estimate of drug-likeness (QED) is 0.832. The van der Waals surface area contributed by atoms with Crippen molar-refractivity contribution in [3.63, 3.8) is 0 Å². The van der Waals surface area contributed by atoms with E-state index in [1.807, 2.05) is 0 Å². The third kappa shape index (κ3) is 4.21. The lowest BCUT2D eigenvalue weighted by atomic mass is 9.74. The van der Waals surface area contributed by atoms with E-state index in [2.05, 4.69) is 45.3 Å². The van der Waals surface area contributed by atoms with Gasteiger partial charge in [0.25, 0.3) is 0 Å². The van der Waals surface area contributed by atoms with E-state index in [9.17, 15) is 4.79 Å². The molecule has 2 aliphatic rings. The highest BCUT2D eigenvalue weighted by Crippen LogP contribution is 2.35. The largest absolute Gasteiger partial charge is 0.351 e. The van der Waals surface area contributed by atoms with Crippen molar-refractivity contribution >= 4 is 5.91 Å². The summed E-state index contributed by atoms with van der Waals surface area (Å²) in [5.41, 5.74) is 0.322. The van der Waals surface area contributed by atoms with Crippen LogP contribution in [-0.2, 0) is 4.79 Å². The predicted octanol–water partition coefficient (Wildman–Crippen LogP) is 3.38. The number of carbonyl (C=O) groups excluding carboxylic acids is 1. The Bertz CT molecular complexity index is 351. The van der Waals surface area contributed by atoms with Gasteiger partial charge in [0.1, 0.15) is 0 Å². The van der Waals surface area contributed by atoms with E-state index in [1.54, 1.807) is 0 Å². The Balaban J connectivity index is 1.90. The van der Waals surface area contributed by atoms with Crippen molar-refractivity contribution in [2.45, 2.75) is 96.2 Å². The summed E-state index contributed by atoms with van der Waals surface area (Å²) in [5, 5.41) is 6.98. The first-order valence-electron chi connectivity index (χ1n) is 8.20. The molecule has 0 aromatic carbocycles. The molecule has 0 atom stereocenters. The third-order valence-corrected chi connectivity index (χ3v) is 4.90. The second-order valence-corrected chi connectivity index (χ2v) is 8.69. The van der Waals surface area contributed by atoms with Gasteiger partial charge in [-0.3, -0.25) is 4.79 Å². The van der Waals surface area contributed by atoms with E-state index >= 15 is 0 Å². The van der Waals surface area contributed by atoms with E-state index in [4.69, 9.17) is 0 Å². The number of amides is 1. The molecule has 0 spiro atoms. The highest BCUT2D eigenvalue weighted by molar-refractivity contribution is 5.77. The molecule has 2 fully saturated rings. The second kappa shape index (κ2) is 5.32. The SMILES string of the molecule is CC1(C)CC(CC(=O)NC2(C)CCCC2)CC(C)(C)N1. The van der Waals surface area contributed by atoms with Crippen LogP contribution in [0.4, 0.5) is 0 Å². The molecule has 0 unspecified atom stereocenters.